The van der Waals surface area contributed by atoms with Gasteiger partial charge in [0.2, 0.25) is 5.88 Å². The lowest BCUT2D eigenvalue weighted by molar-refractivity contribution is -0.176. The number of nitrogens with one attached hydrogen (secondary N) is 2. The summed E-state index contributed by atoms with van der Waals surface area (Å²) in [6.45, 7) is 0.998. The summed E-state index contributed by atoms with van der Waals surface area (Å²) in [7, 11) is 1.49. The van der Waals surface area contributed by atoms with E-state index in [-0.39, 0.29) is 42.4 Å². The Balaban J connectivity index is 0.00000294. The summed E-state index contributed by atoms with van der Waals surface area (Å²) in [4.78, 5) is 24.6. The maximum absolute atomic E-state index is 14.9. The standard InChI is InChI=1S/C26H28FN5O5.ClH/c1-35-21-5-3-17-23(32-21)22(16(27)12-28-17)18(33)10-26-8-6-25(7-9-26,14-37-26)29-11-15-2-4-19-24(30-15)31-20(34)13-36-19;/h2-5,12,18,29,33H,6-11,13-14H2,1H3,(H,30,31,34);1H. The maximum Gasteiger partial charge on any atom is 0.263 e. The molecule has 0 aromatic carbocycles. The monoisotopic (exact) mass is 545 g/mol. The van der Waals surface area contributed by atoms with E-state index in [4.69, 9.17) is 14.2 Å². The van der Waals surface area contributed by atoms with Crippen molar-refractivity contribution in [1.29, 1.82) is 0 Å². The first-order valence-electron chi connectivity index (χ1n) is 12.4. The van der Waals surface area contributed by atoms with E-state index in [1.807, 2.05) is 12.1 Å². The van der Waals surface area contributed by atoms with Crippen LogP contribution in [0.5, 0.6) is 11.6 Å². The highest BCUT2D eigenvalue weighted by Gasteiger charge is 2.50. The van der Waals surface area contributed by atoms with E-state index in [0.717, 1.165) is 37.6 Å². The molecule has 12 heteroatoms. The van der Waals surface area contributed by atoms with Gasteiger partial charge >= 0.3 is 0 Å². The summed E-state index contributed by atoms with van der Waals surface area (Å²) >= 11 is 0. The number of anilines is 1. The molecule has 38 heavy (non-hydrogen) atoms. The van der Waals surface area contributed by atoms with E-state index in [2.05, 4.69) is 25.6 Å². The van der Waals surface area contributed by atoms with E-state index < -0.39 is 17.5 Å². The number of aromatic nitrogens is 3. The predicted molar refractivity (Wildman–Crippen MR) is 138 cm³/mol. The molecule has 3 aliphatic heterocycles. The Kier molecular flexibility index (Phi) is 7.12. The van der Waals surface area contributed by atoms with Crippen molar-refractivity contribution in [3.05, 3.63) is 47.5 Å². The fourth-order valence-electron chi connectivity index (χ4n) is 5.57. The molecule has 3 aromatic heterocycles. The van der Waals surface area contributed by atoms with Gasteiger partial charge in [0.25, 0.3) is 5.91 Å². The second-order valence-electron chi connectivity index (χ2n) is 10.1. The molecule has 2 saturated heterocycles. The van der Waals surface area contributed by atoms with Crippen LogP contribution in [-0.2, 0) is 16.1 Å². The number of carbonyl (C=O) groups is 1. The molecular weight excluding hydrogens is 517 g/mol. The Morgan fingerprint density at radius 2 is 2.03 bits per heavy atom. The fraction of sp³-hybridized carbons (Fsp3) is 0.462. The van der Waals surface area contributed by atoms with Crippen LogP contribution in [0.15, 0.2) is 30.5 Å². The highest BCUT2D eigenvalue weighted by atomic mass is 35.5. The molecule has 3 N–H and O–H groups in total. The van der Waals surface area contributed by atoms with Gasteiger partial charge in [-0.3, -0.25) is 9.78 Å². The van der Waals surface area contributed by atoms with Crippen molar-refractivity contribution in [3.63, 3.8) is 0 Å². The molecule has 2 bridgehead atoms. The number of pyridine rings is 3. The largest absolute Gasteiger partial charge is 0.481 e. The molecule has 1 aliphatic carbocycles. The van der Waals surface area contributed by atoms with Gasteiger partial charge in [-0.05, 0) is 43.9 Å². The minimum Gasteiger partial charge on any atom is -0.481 e. The molecule has 202 valence electrons. The first-order chi connectivity index (χ1) is 17.9. The fourth-order valence-corrected chi connectivity index (χ4v) is 5.57. The molecule has 0 radical (unpaired) electrons. The number of methoxy groups -OCH3 is 1. The van der Waals surface area contributed by atoms with Gasteiger partial charge in [-0.1, -0.05) is 0 Å². The molecule has 3 aromatic rings. The molecule has 1 saturated carbocycles. The Morgan fingerprint density at radius 3 is 2.76 bits per heavy atom. The summed E-state index contributed by atoms with van der Waals surface area (Å²) in [5, 5.41) is 17.5. The lowest BCUT2D eigenvalue weighted by atomic mass is 9.69. The van der Waals surface area contributed by atoms with Crippen LogP contribution in [0.1, 0.15) is 49.5 Å². The Bertz CT molecular complexity index is 1350. The van der Waals surface area contributed by atoms with Crippen LogP contribution in [0.4, 0.5) is 10.2 Å². The van der Waals surface area contributed by atoms with Gasteiger partial charge in [-0.25, -0.2) is 14.4 Å². The van der Waals surface area contributed by atoms with Crippen LogP contribution in [0.3, 0.4) is 0 Å². The Labute approximate surface area is 224 Å². The van der Waals surface area contributed by atoms with Crippen molar-refractivity contribution < 1.29 is 28.5 Å². The number of hydrogen-bond donors (Lipinski definition) is 3. The molecule has 0 spiro atoms. The van der Waals surface area contributed by atoms with Crippen molar-refractivity contribution in [2.45, 2.75) is 55.9 Å². The zero-order valence-corrected chi connectivity index (χ0v) is 21.6. The van der Waals surface area contributed by atoms with Crippen LogP contribution in [-0.4, -0.2) is 57.4 Å². The number of amides is 1. The minimum absolute atomic E-state index is 0. The lowest BCUT2D eigenvalue weighted by Gasteiger charge is -2.54. The number of aliphatic hydroxyl groups is 1. The third-order valence-corrected chi connectivity index (χ3v) is 7.74. The van der Waals surface area contributed by atoms with Gasteiger partial charge in [0, 0.05) is 30.1 Å². The second-order valence-corrected chi connectivity index (χ2v) is 10.1. The molecule has 3 fully saturated rings. The maximum atomic E-state index is 14.9. The molecule has 1 unspecified atom stereocenters. The van der Waals surface area contributed by atoms with Gasteiger partial charge in [0.05, 0.1) is 42.8 Å². The molecule has 4 aliphatic rings. The average Bonchev–Trinajstić information content (AvgIpc) is 2.92. The first-order valence-corrected chi connectivity index (χ1v) is 12.4. The van der Waals surface area contributed by atoms with E-state index in [9.17, 15) is 14.3 Å². The normalized spacial score (nSPS) is 24.7. The number of halogens is 2. The number of nitrogens with zero attached hydrogens (tertiary/aromatic N) is 3. The van der Waals surface area contributed by atoms with Gasteiger partial charge in [-0.15, -0.1) is 12.4 Å². The topological polar surface area (TPSA) is 128 Å². The van der Waals surface area contributed by atoms with Gasteiger partial charge in [-0.2, -0.15) is 0 Å². The molecule has 1 amide bonds. The van der Waals surface area contributed by atoms with Crippen LogP contribution in [0, 0.1) is 5.82 Å². The van der Waals surface area contributed by atoms with Gasteiger partial charge in [0.15, 0.2) is 18.2 Å². The Hall–Kier alpha value is -3.12. The third-order valence-electron chi connectivity index (χ3n) is 7.74. The zero-order chi connectivity index (χ0) is 25.6. The van der Waals surface area contributed by atoms with Crippen molar-refractivity contribution >= 4 is 35.2 Å². The van der Waals surface area contributed by atoms with Crippen molar-refractivity contribution in [3.8, 4) is 11.6 Å². The SMILES string of the molecule is COc1ccc2ncc(F)c(C(O)CC34CCC(NCc5ccc6c(n5)NC(=O)CO6)(CC3)CO4)c2n1.Cl. The van der Waals surface area contributed by atoms with Crippen molar-refractivity contribution in [1.82, 2.24) is 20.3 Å². The van der Waals surface area contributed by atoms with E-state index >= 15 is 0 Å². The van der Waals surface area contributed by atoms with Crippen molar-refractivity contribution in [2.24, 2.45) is 0 Å². The second kappa shape index (κ2) is 10.2. The number of carbonyl (C=O) groups excluding carboxylic acids is 1. The summed E-state index contributed by atoms with van der Waals surface area (Å²) in [5.41, 5.74) is 0.969. The van der Waals surface area contributed by atoms with Crippen molar-refractivity contribution in [2.75, 3.05) is 25.6 Å². The number of hydrogen-bond acceptors (Lipinski definition) is 9. The van der Waals surface area contributed by atoms with Crippen LogP contribution in [0.25, 0.3) is 11.0 Å². The number of aliphatic hydroxyl groups excluding tert-OH is 1. The number of rotatable bonds is 7. The molecule has 6 heterocycles. The average molecular weight is 546 g/mol. The zero-order valence-electron chi connectivity index (χ0n) is 20.8. The smallest absolute Gasteiger partial charge is 0.263 e. The highest BCUT2D eigenvalue weighted by molar-refractivity contribution is 5.94. The molecule has 10 nitrogen and oxygen atoms in total. The number of ether oxygens (including phenoxy) is 3. The quantitative estimate of drug-likeness (QED) is 0.410. The lowest BCUT2D eigenvalue weighted by Crippen LogP contribution is -2.61. The summed E-state index contributed by atoms with van der Waals surface area (Å²) in [5.74, 6) is 0.518. The van der Waals surface area contributed by atoms with Gasteiger partial charge in [0.1, 0.15) is 11.3 Å². The summed E-state index contributed by atoms with van der Waals surface area (Å²) < 4.78 is 31.8. The van der Waals surface area contributed by atoms with E-state index in [1.54, 1.807) is 12.1 Å². The summed E-state index contributed by atoms with van der Waals surface area (Å²) in [6.07, 6.45) is 3.48. The third kappa shape index (κ3) is 4.86. The highest BCUT2D eigenvalue weighted by Crippen LogP contribution is 2.48. The van der Waals surface area contributed by atoms with Crippen LogP contribution in [0.2, 0.25) is 0 Å². The van der Waals surface area contributed by atoms with E-state index in [0.29, 0.717) is 41.6 Å². The predicted octanol–water partition coefficient (Wildman–Crippen LogP) is 3.22. The summed E-state index contributed by atoms with van der Waals surface area (Å²) in [6, 6.07) is 7.05. The van der Waals surface area contributed by atoms with Gasteiger partial charge < -0.3 is 30.0 Å². The number of fused-ring (bicyclic) bond motifs is 5. The molecular formula is C26H29ClFN5O5. The molecule has 7 rings (SSSR count). The minimum atomic E-state index is -1.10. The molecule has 1 atom stereocenters. The first kappa shape index (κ1) is 26.5. The Morgan fingerprint density at radius 1 is 1.21 bits per heavy atom. The van der Waals surface area contributed by atoms with Crippen LogP contribution >= 0.6 is 12.4 Å². The van der Waals surface area contributed by atoms with E-state index in [1.165, 1.54) is 7.11 Å². The van der Waals surface area contributed by atoms with Crippen LogP contribution < -0.4 is 20.1 Å².